The van der Waals surface area contributed by atoms with Crippen LogP contribution in [0.1, 0.15) is 110 Å². The lowest BCUT2D eigenvalue weighted by molar-refractivity contribution is -0.155. The van der Waals surface area contributed by atoms with Gasteiger partial charge in [-0.3, -0.25) is 34.1 Å². The highest BCUT2D eigenvalue weighted by Gasteiger charge is 2.38. The Balaban J connectivity index is 1.25. The van der Waals surface area contributed by atoms with E-state index in [0.29, 0.717) is 55.6 Å². The number of esters is 1. The third-order valence-electron chi connectivity index (χ3n) is 14.2. The summed E-state index contributed by atoms with van der Waals surface area (Å²) in [5, 5.41) is 5.30. The number of hydrogen-bond donors (Lipinski definition) is 2. The number of aromatic nitrogens is 2. The second-order valence-electron chi connectivity index (χ2n) is 21.4. The van der Waals surface area contributed by atoms with Crippen molar-refractivity contribution in [2.45, 2.75) is 131 Å². The third kappa shape index (κ3) is 11.6. The molecule has 2 N–H and O–H groups in total. The number of hydrogen-bond acceptors (Lipinski definition) is 9. The molecule has 376 valence electrons. The number of pyridine rings is 1. The number of rotatable bonds is 11. The van der Waals surface area contributed by atoms with E-state index in [1.54, 1.807) is 4.90 Å². The standard InChI is InChI=1S/C55H71F2N7O6/c1-12-63-46-18-17-36-27-41(46)42(49(63)40-15-13-21-58-48(40)34(4)5)28-54(6,7)32-70-53(68)44-16-14-22-64(60-44)52(67)45(25-35-23-37(36)26-38(24-35)50(56)57)59-51(66)43(33(2)3)31-69-39-29-62(30-39)47(65)19-20-55(8,9)61(10)11/h13,15,17-18,21,23-24,26-27,33-34,39,43-45,50,60H,12,14,16,22,25,28-32H2,1-11H3,(H,59,66)/t43?,44-,45-/m0/s1. The smallest absolute Gasteiger partial charge is 0.324 e. The Morgan fingerprint density at radius 1 is 1.06 bits per heavy atom. The summed E-state index contributed by atoms with van der Waals surface area (Å²) in [6.45, 7) is 19.8. The van der Waals surface area contributed by atoms with Crippen LogP contribution in [0.25, 0.3) is 33.3 Å². The number of benzene rings is 2. The van der Waals surface area contributed by atoms with E-state index in [9.17, 15) is 28.0 Å². The number of nitrogens with one attached hydrogen (secondary N) is 2. The normalized spacial score (nSPS) is 19.5. The van der Waals surface area contributed by atoms with Gasteiger partial charge in [-0.15, -0.1) is 0 Å². The van der Waals surface area contributed by atoms with Crippen molar-refractivity contribution in [2.75, 3.05) is 46.9 Å². The van der Waals surface area contributed by atoms with Gasteiger partial charge >= 0.3 is 5.97 Å². The van der Waals surface area contributed by atoms with Crippen LogP contribution in [0.5, 0.6) is 0 Å². The molecular formula is C55H71F2N7O6. The zero-order valence-electron chi connectivity index (χ0n) is 42.8. The molecule has 3 aliphatic rings. The molecule has 2 fully saturated rings. The minimum Gasteiger partial charge on any atom is -0.464 e. The van der Waals surface area contributed by atoms with E-state index in [1.165, 1.54) is 17.1 Å². The number of likely N-dealkylation sites (tertiary alicyclic amines) is 1. The van der Waals surface area contributed by atoms with Crippen molar-refractivity contribution >= 4 is 34.6 Å². The molecule has 3 aliphatic heterocycles. The molecule has 13 nitrogen and oxygen atoms in total. The van der Waals surface area contributed by atoms with E-state index >= 15 is 0 Å². The van der Waals surface area contributed by atoms with Crippen molar-refractivity contribution in [1.82, 2.24) is 35.1 Å². The zero-order valence-corrected chi connectivity index (χ0v) is 42.8. The average molecular weight is 964 g/mol. The summed E-state index contributed by atoms with van der Waals surface area (Å²) in [4.78, 5) is 64.2. The van der Waals surface area contributed by atoms with Gasteiger partial charge < -0.3 is 24.3 Å². The molecule has 4 aromatic rings. The molecule has 2 aromatic carbocycles. The number of halogens is 2. The molecule has 7 rings (SSSR count). The van der Waals surface area contributed by atoms with Crippen LogP contribution in [0.4, 0.5) is 8.78 Å². The number of ether oxygens (including phenoxy) is 2. The lowest BCUT2D eigenvalue weighted by Crippen LogP contribution is -2.61. The predicted octanol–water partition coefficient (Wildman–Crippen LogP) is 7.94. The van der Waals surface area contributed by atoms with Gasteiger partial charge in [-0.05, 0) is 124 Å². The minimum atomic E-state index is -2.82. The van der Waals surface area contributed by atoms with Gasteiger partial charge in [0, 0.05) is 66.2 Å². The second-order valence-corrected chi connectivity index (χ2v) is 21.4. The summed E-state index contributed by atoms with van der Waals surface area (Å²) in [7, 11) is 3.80. The molecule has 3 atom stereocenters. The molecule has 2 saturated heterocycles. The molecule has 0 saturated carbocycles. The van der Waals surface area contributed by atoms with Crippen molar-refractivity contribution < 1.29 is 37.4 Å². The van der Waals surface area contributed by atoms with Gasteiger partial charge in [0.05, 0.1) is 42.2 Å². The quantitative estimate of drug-likeness (QED) is 0.113. The number of fused-ring (bicyclic) bond motifs is 6. The van der Waals surface area contributed by atoms with Gasteiger partial charge in [-0.2, -0.15) is 0 Å². The monoisotopic (exact) mass is 964 g/mol. The fourth-order valence-corrected chi connectivity index (χ4v) is 9.46. The van der Waals surface area contributed by atoms with Crippen LogP contribution in [0.3, 0.4) is 0 Å². The number of hydrazine groups is 1. The molecule has 70 heavy (non-hydrogen) atoms. The van der Waals surface area contributed by atoms with Crippen LogP contribution in [0.15, 0.2) is 54.7 Å². The van der Waals surface area contributed by atoms with Crippen molar-refractivity contribution in [1.29, 1.82) is 0 Å². The number of cyclic esters (lactones) is 1. The summed E-state index contributed by atoms with van der Waals surface area (Å²) in [6.07, 6.45) is 0.00864. The van der Waals surface area contributed by atoms with Crippen LogP contribution in [0, 0.1) is 29.1 Å². The van der Waals surface area contributed by atoms with Crippen LogP contribution >= 0.6 is 0 Å². The number of carbonyl (C=O) groups excluding carboxylic acids is 4. The van der Waals surface area contributed by atoms with Crippen LogP contribution in [0.2, 0.25) is 0 Å². The maximum Gasteiger partial charge on any atom is 0.324 e. The van der Waals surface area contributed by atoms with E-state index in [1.807, 2.05) is 77.2 Å². The Morgan fingerprint density at radius 3 is 2.47 bits per heavy atom. The molecule has 3 amide bonds. The van der Waals surface area contributed by atoms with Gasteiger partial charge in [-0.1, -0.05) is 65.7 Å². The fourth-order valence-electron chi connectivity index (χ4n) is 9.46. The summed E-state index contributed by atoms with van der Waals surface area (Å²) in [5.74, 6) is 3.24. The topological polar surface area (TPSA) is 138 Å². The fraction of sp³-hybridized carbons (Fsp3) is 0.545. The van der Waals surface area contributed by atoms with Crippen molar-refractivity contribution in [3.63, 3.8) is 0 Å². The molecule has 0 spiro atoms. The Bertz CT molecular complexity index is 2660. The highest BCUT2D eigenvalue weighted by molar-refractivity contribution is 5.96. The first-order valence-corrected chi connectivity index (χ1v) is 24.8. The first-order chi connectivity index (χ1) is 33.1. The number of alkyl halides is 2. The molecular weight excluding hydrogens is 893 g/mol. The number of nitrogens with zero attached hydrogens (tertiary/aromatic N) is 5. The van der Waals surface area contributed by atoms with E-state index in [4.69, 9.17) is 14.5 Å². The molecule has 2 aromatic heterocycles. The Kier molecular flexibility index (Phi) is 15.9. The first-order valence-electron chi connectivity index (χ1n) is 24.8. The number of amides is 3. The summed E-state index contributed by atoms with van der Waals surface area (Å²) in [6, 6.07) is 12.8. The molecule has 5 heterocycles. The average Bonchev–Trinajstić information content (AvgIpc) is 3.60. The van der Waals surface area contributed by atoms with E-state index in [2.05, 4.69) is 73.9 Å². The van der Waals surface area contributed by atoms with Gasteiger partial charge in [0.25, 0.3) is 18.2 Å². The van der Waals surface area contributed by atoms with Gasteiger partial charge in [0.15, 0.2) is 0 Å². The van der Waals surface area contributed by atoms with Gasteiger partial charge in [-0.25, -0.2) is 14.2 Å². The Morgan fingerprint density at radius 2 is 1.80 bits per heavy atom. The maximum atomic E-state index is 15.0. The SMILES string of the molecule is CCn1c(-c2cccnc2C(C)C)c2c3cc(ccc31)-c1cc(cc(C(F)F)c1)C[C@H](NC(=O)C(COC1CN(C(=O)C#CC(C)(C)N(C)C)C1)C(C)C)C(=O)N1CCC[C@H](N1)C(=O)OCC(C)(C)C2. The van der Waals surface area contributed by atoms with Crippen LogP contribution < -0.4 is 10.7 Å². The number of carbonyl (C=O) groups is 4. The maximum absolute atomic E-state index is 15.0. The molecule has 6 bridgehead atoms. The summed E-state index contributed by atoms with van der Waals surface area (Å²) < 4.78 is 44.5. The molecule has 0 radical (unpaired) electrons. The largest absolute Gasteiger partial charge is 0.464 e. The summed E-state index contributed by atoms with van der Waals surface area (Å²) in [5.41, 5.74) is 8.53. The highest BCUT2D eigenvalue weighted by atomic mass is 19.3. The zero-order chi connectivity index (χ0) is 50.8. The van der Waals surface area contributed by atoms with Gasteiger partial charge in [0.2, 0.25) is 5.91 Å². The molecule has 15 heteroatoms. The van der Waals surface area contributed by atoms with Gasteiger partial charge in [0.1, 0.15) is 12.1 Å². The van der Waals surface area contributed by atoms with Crippen molar-refractivity contribution in [2.24, 2.45) is 17.3 Å². The van der Waals surface area contributed by atoms with E-state index < -0.39 is 53.2 Å². The lowest BCUT2D eigenvalue weighted by atomic mass is 9.83. The van der Waals surface area contributed by atoms with E-state index in [0.717, 1.165) is 33.4 Å². The molecule has 0 aliphatic carbocycles. The van der Waals surface area contributed by atoms with E-state index in [-0.39, 0.29) is 55.6 Å². The first kappa shape index (κ1) is 52.1. The highest BCUT2D eigenvalue weighted by Crippen LogP contribution is 2.42. The third-order valence-corrected chi connectivity index (χ3v) is 14.2. The lowest BCUT2D eigenvalue weighted by Gasteiger charge is -2.39. The van der Waals surface area contributed by atoms with Crippen molar-refractivity contribution in [3.8, 4) is 34.2 Å². The molecule has 1 unspecified atom stereocenters. The predicted molar refractivity (Wildman–Crippen MR) is 267 cm³/mol. The second kappa shape index (κ2) is 21.3. The summed E-state index contributed by atoms with van der Waals surface area (Å²) >= 11 is 0. The number of aryl methyl sites for hydroxylation is 1. The van der Waals surface area contributed by atoms with Crippen molar-refractivity contribution in [3.05, 3.63) is 77.1 Å². The Hall–Kier alpha value is -5.69. The Labute approximate surface area is 412 Å². The van der Waals surface area contributed by atoms with Crippen LogP contribution in [-0.4, -0.2) is 119 Å². The minimum absolute atomic E-state index is 0.0270. The van der Waals surface area contributed by atoms with Crippen LogP contribution in [-0.2, 0) is 48.0 Å².